The average molecular weight is 506 g/mol. The number of benzene rings is 3. The summed E-state index contributed by atoms with van der Waals surface area (Å²) in [5.74, 6) is 1.97. The van der Waals surface area contributed by atoms with E-state index in [0.717, 1.165) is 26.4 Å². The number of thiazole rings is 1. The van der Waals surface area contributed by atoms with Crippen LogP contribution < -0.4 is 14.2 Å². The zero-order valence-corrected chi connectivity index (χ0v) is 20.7. The van der Waals surface area contributed by atoms with E-state index in [9.17, 15) is 9.18 Å². The molecule has 1 aliphatic carbocycles. The van der Waals surface area contributed by atoms with Gasteiger partial charge < -0.3 is 18.9 Å². The maximum Gasteiger partial charge on any atom is 0.306 e. The second kappa shape index (κ2) is 9.09. The number of carbonyl (C=O) groups is 1. The highest BCUT2D eigenvalue weighted by Crippen LogP contribution is 2.44. The Balaban J connectivity index is 1.22. The maximum atomic E-state index is 15.0. The molecule has 0 radical (unpaired) electrons. The first-order valence-corrected chi connectivity index (χ1v) is 12.7. The molecule has 36 heavy (non-hydrogen) atoms. The Morgan fingerprint density at radius 1 is 1.17 bits per heavy atom. The Kier molecular flexibility index (Phi) is 5.76. The number of fused-ring (bicyclic) bond motifs is 3. The van der Waals surface area contributed by atoms with Gasteiger partial charge in [0.25, 0.3) is 0 Å². The van der Waals surface area contributed by atoms with Gasteiger partial charge in [-0.1, -0.05) is 6.07 Å². The molecule has 0 saturated heterocycles. The lowest BCUT2D eigenvalue weighted by Crippen LogP contribution is -2.09. The summed E-state index contributed by atoms with van der Waals surface area (Å²) in [7, 11) is 1.38. The van der Waals surface area contributed by atoms with Gasteiger partial charge in [0.15, 0.2) is 0 Å². The number of nitrogens with zero attached hydrogens (tertiary/aromatic N) is 1. The van der Waals surface area contributed by atoms with Gasteiger partial charge in [-0.2, -0.15) is 0 Å². The molecule has 4 aromatic rings. The molecule has 184 valence electrons. The number of aromatic nitrogens is 1. The third kappa shape index (κ3) is 4.15. The van der Waals surface area contributed by atoms with Gasteiger partial charge >= 0.3 is 5.97 Å². The number of hydrogen-bond donors (Lipinski definition) is 0. The van der Waals surface area contributed by atoms with Crippen LogP contribution >= 0.6 is 11.3 Å². The van der Waals surface area contributed by atoms with E-state index in [1.165, 1.54) is 13.2 Å². The van der Waals surface area contributed by atoms with Gasteiger partial charge in [-0.3, -0.25) is 4.79 Å². The van der Waals surface area contributed by atoms with Crippen LogP contribution in [0.15, 0.2) is 48.5 Å². The molecule has 6 nitrogen and oxygen atoms in total. The number of esters is 1. The molecule has 2 aliphatic rings. The second-order valence-electron chi connectivity index (χ2n) is 9.04. The molecule has 1 aromatic heterocycles. The molecule has 0 fully saturated rings. The fourth-order valence-electron chi connectivity index (χ4n) is 5.02. The molecule has 0 amide bonds. The lowest BCUT2D eigenvalue weighted by atomic mass is 9.98. The van der Waals surface area contributed by atoms with Crippen molar-refractivity contribution < 1.29 is 28.1 Å². The lowest BCUT2D eigenvalue weighted by molar-refractivity contribution is -0.141. The summed E-state index contributed by atoms with van der Waals surface area (Å²) in [4.78, 5) is 16.2. The van der Waals surface area contributed by atoms with E-state index >= 15 is 0 Å². The molecule has 8 heteroatoms. The van der Waals surface area contributed by atoms with Crippen LogP contribution in [0.25, 0.3) is 10.2 Å². The number of aryl methyl sites for hydroxylation is 1. The molecule has 1 aliphatic heterocycles. The zero-order chi connectivity index (χ0) is 24.8. The summed E-state index contributed by atoms with van der Waals surface area (Å²) < 4.78 is 39.1. The highest BCUT2D eigenvalue weighted by molar-refractivity contribution is 7.18. The number of rotatable bonds is 6. The normalized spacial score (nSPS) is 18.0. The third-order valence-electron chi connectivity index (χ3n) is 6.72. The van der Waals surface area contributed by atoms with Crippen LogP contribution in [0.4, 0.5) is 4.39 Å². The molecular formula is C28H24FNO5S. The van der Waals surface area contributed by atoms with Crippen molar-refractivity contribution in [1.29, 1.82) is 0 Å². The number of halogens is 1. The van der Waals surface area contributed by atoms with E-state index in [2.05, 4.69) is 4.98 Å². The lowest BCUT2D eigenvalue weighted by Gasteiger charge is -2.17. The van der Waals surface area contributed by atoms with Crippen molar-refractivity contribution in [3.63, 3.8) is 0 Å². The first-order chi connectivity index (χ1) is 17.5. The minimum Gasteiger partial charge on any atom is -0.492 e. The molecule has 2 atom stereocenters. The van der Waals surface area contributed by atoms with Crippen molar-refractivity contribution in [2.75, 3.05) is 13.7 Å². The maximum absolute atomic E-state index is 15.0. The van der Waals surface area contributed by atoms with Gasteiger partial charge in [0, 0.05) is 34.7 Å². The van der Waals surface area contributed by atoms with Crippen molar-refractivity contribution in [3.8, 4) is 23.0 Å². The van der Waals surface area contributed by atoms with E-state index < -0.39 is 6.10 Å². The van der Waals surface area contributed by atoms with Crippen molar-refractivity contribution >= 4 is 27.5 Å². The van der Waals surface area contributed by atoms with Gasteiger partial charge in [-0.25, -0.2) is 9.37 Å². The fourth-order valence-corrected chi connectivity index (χ4v) is 5.82. The summed E-state index contributed by atoms with van der Waals surface area (Å²) >= 11 is 1.64. The van der Waals surface area contributed by atoms with E-state index in [1.54, 1.807) is 17.4 Å². The van der Waals surface area contributed by atoms with Crippen molar-refractivity contribution in [1.82, 2.24) is 4.98 Å². The summed E-state index contributed by atoms with van der Waals surface area (Å²) in [5, 5.41) is 1.00. The van der Waals surface area contributed by atoms with Crippen molar-refractivity contribution in [2.24, 2.45) is 0 Å². The first-order valence-electron chi connectivity index (χ1n) is 11.8. The molecule has 2 unspecified atom stereocenters. The summed E-state index contributed by atoms with van der Waals surface area (Å²) in [6, 6.07) is 14.5. The third-order valence-corrected chi connectivity index (χ3v) is 7.67. The SMILES string of the molecule is COC(=O)CC1COc2cc(OC3CCc4c(Oc5ccc6sc(C)nc6c5)ccc(F)c43)ccc21. The van der Waals surface area contributed by atoms with Crippen LogP contribution in [-0.2, 0) is 16.0 Å². The minimum atomic E-state index is -0.433. The molecule has 2 heterocycles. The Labute approximate surface area is 211 Å². The van der Waals surface area contributed by atoms with Crippen LogP contribution in [0.1, 0.15) is 46.6 Å². The summed E-state index contributed by atoms with van der Waals surface area (Å²) in [6.07, 6.45) is 1.12. The molecular weight excluding hydrogens is 481 g/mol. The van der Waals surface area contributed by atoms with Crippen LogP contribution in [0.5, 0.6) is 23.0 Å². The van der Waals surface area contributed by atoms with Gasteiger partial charge in [0.05, 0.1) is 35.4 Å². The van der Waals surface area contributed by atoms with E-state index in [-0.39, 0.29) is 24.1 Å². The average Bonchev–Trinajstić information content (AvgIpc) is 3.57. The Morgan fingerprint density at radius 3 is 2.89 bits per heavy atom. The number of methoxy groups -OCH3 is 1. The number of ether oxygens (including phenoxy) is 4. The molecule has 3 aromatic carbocycles. The van der Waals surface area contributed by atoms with Crippen LogP contribution in [-0.4, -0.2) is 24.7 Å². The second-order valence-corrected chi connectivity index (χ2v) is 10.3. The Morgan fingerprint density at radius 2 is 2.03 bits per heavy atom. The summed E-state index contributed by atoms with van der Waals surface area (Å²) in [5.41, 5.74) is 3.20. The Hall–Kier alpha value is -3.65. The number of hydrogen-bond acceptors (Lipinski definition) is 7. The van der Waals surface area contributed by atoms with E-state index in [0.29, 0.717) is 48.0 Å². The predicted molar refractivity (Wildman–Crippen MR) is 134 cm³/mol. The molecule has 0 bridgehead atoms. The quantitative estimate of drug-likeness (QED) is 0.274. The first kappa shape index (κ1) is 22.8. The largest absolute Gasteiger partial charge is 0.492 e. The zero-order valence-electron chi connectivity index (χ0n) is 19.9. The van der Waals surface area contributed by atoms with Crippen LogP contribution in [0.2, 0.25) is 0 Å². The minimum absolute atomic E-state index is 0.0433. The van der Waals surface area contributed by atoms with E-state index in [4.69, 9.17) is 18.9 Å². The van der Waals surface area contributed by atoms with Crippen molar-refractivity contribution in [3.05, 3.63) is 76.0 Å². The number of carbonyl (C=O) groups excluding carboxylic acids is 1. The van der Waals surface area contributed by atoms with Crippen LogP contribution in [0.3, 0.4) is 0 Å². The monoisotopic (exact) mass is 505 g/mol. The highest BCUT2D eigenvalue weighted by Gasteiger charge is 2.32. The Bertz CT molecular complexity index is 1480. The summed E-state index contributed by atoms with van der Waals surface area (Å²) in [6.45, 7) is 2.40. The van der Waals surface area contributed by atoms with Gasteiger partial charge in [0.1, 0.15) is 34.9 Å². The van der Waals surface area contributed by atoms with Crippen LogP contribution in [0, 0.1) is 12.7 Å². The highest BCUT2D eigenvalue weighted by atomic mass is 32.1. The fraction of sp³-hybridized carbons (Fsp3) is 0.286. The van der Waals surface area contributed by atoms with Gasteiger partial charge in [-0.15, -0.1) is 11.3 Å². The molecule has 0 saturated carbocycles. The standard InChI is InChI=1S/C28H24FNO5S/c1-15-30-22-12-17(4-10-26(22)36-15)34-23-9-7-21(29)28-20(23)6-8-24(28)35-18-3-5-19-16(11-27(31)32-2)14-33-25(19)13-18/h3-5,7,9-10,12-13,16,24H,6,8,11,14H2,1-2H3. The molecule has 6 rings (SSSR count). The molecule has 0 spiro atoms. The topological polar surface area (TPSA) is 66.9 Å². The van der Waals surface area contributed by atoms with Gasteiger partial charge in [-0.05, 0) is 50.1 Å². The smallest absolute Gasteiger partial charge is 0.306 e. The predicted octanol–water partition coefficient (Wildman–Crippen LogP) is 6.64. The molecule has 0 N–H and O–H groups in total. The van der Waals surface area contributed by atoms with E-state index in [1.807, 2.05) is 43.3 Å². The van der Waals surface area contributed by atoms with Crippen molar-refractivity contribution in [2.45, 2.75) is 38.2 Å². The van der Waals surface area contributed by atoms with Gasteiger partial charge in [0.2, 0.25) is 0 Å².